The van der Waals surface area contributed by atoms with Crippen molar-refractivity contribution < 1.29 is 9.84 Å². The lowest BCUT2D eigenvalue weighted by Crippen LogP contribution is -2.02. The van der Waals surface area contributed by atoms with Crippen molar-refractivity contribution in [2.24, 2.45) is 0 Å². The average Bonchev–Trinajstić information content (AvgIpc) is 2.47. The van der Waals surface area contributed by atoms with Crippen molar-refractivity contribution in [3.63, 3.8) is 0 Å². The normalized spacial score (nSPS) is 10.3. The van der Waals surface area contributed by atoms with E-state index in [1.807, 2.05) is 32.2 Å². The Morgan fingerprint density at radius 1 is 1.32 bits per heavy atom. The van der Waals surface area contributed by atoms with Gasteiger partial charge < -0.3 is 15.2 Å². The minimum Gasteiger partial charge on any atom is -0.439 e. The molecular weight excluding hydrogens is 242 g/mol. The predicted molar refractivity (Wildman–Crippen MR) is 73.4 cm³/mol. The van der Waals surface area contributed by atoms with Crippen LogP contribution in [0.5, 0.6) is 11.6 Å². The van der Waals surface area contributed by atoms with Crippen molar-refractivity contribution in [2.75, 3.05) is 12.4 Å². The molecule has 0 unspecified atom stereocenters. The van der Waals surface area contributed by atoms with Gasteiger partial charge in [0.15, 0.2) is 0 Å². The first-order chi connectivity index (χ1) is 9.28. The van der Waals surface area contributed by atoms with Crippen LogP contribution in [0.1, 0.15) is 18.1 Å². The third-order valence-corrected chi connectivity index (χ3v) is 2.79. The Balaban J connectivity index is 2.32. The Morgan fingerprint density at radius 2 is 2.16 bits per heavy atom. The summed E-state index contributed by atoms with van der Waals surface area (Å²) in [6, 6.07) is 7.31. The van der Waals surface area contributed by atoms with Gasteiger partial charge in [-0.05, 0) is 24.1 Å². The molecule has 1 aromatic carbocycles. The van der Waals surface area contributed by atoms with Crippen LogP contribution in [-0.2, 0) is 13.0 Å². The van der Waals surface area contributed by atoms with Gasteiger partial charge in [0.2, 0.25) is 5.88 Å². The summed E-state index contributed by atoms with van der Waals surface area (Å²) in [4.78, 5) is 8.33. The molecule has 0 aliphatic carbocycles. The van der Waals surface area contributed by atoms with Gasteiger partial charge in [-0.15, -0.1) is 0 Å². The van der Waals surface area contributed by atoms with Crippen molar-refractivity contribution in [1.29, 1.82) is 0 Å². The predicted octanol–water partition coefficient (Wildman–Crippen LogP) is 2.37. The van der Waals surface area contributed by atoms with Crippen molar-refractivity contribution in [3.05, 3.63) is 41.7 Å². The van der Waals surface area contributed by atoms with Gasteiger partial charge in [-0.25, -0.2) is 9.97 Å². The maximum Gasteiger partial charge on any atom is 0.227 e. The molecule has 100 valence electrons. The fourth-order valence-electron chi connectivity index (χ4n) is 1.84. The summed E-state index contributed by atoms with van der Waals surface area (Å²) >= 11 is 0. The number of hydrogen-bond donors (Lipinski definition) is 2. The summed E-state index contributed by atoms with van der Waals surface area (Å²) < 4.78 is 5.78. The van der Waals surface area contributed by atoms with Crippen LogP contribution in [0.3, 0.4) is 0 Å². The minimum absolute atomic E-state index is 0.0105. The summed E-state index contributed by atoms with van der Waals surface area (Å²) in [5.41, 5.74) is 1.73. The lowest BCUT2D eigenvalue weighted by molar-refractivity contribution is 0.281. The lowest BCUT2D eigenvalue weighted by atomic mass is 10.2. The Hall–Kier alpha value is -2.14. The topological polar surface area (TPSA) is 67.3 Å². The number of hydrogen-bond acceptors (Lipinski definition) is 5. The first kappa shape index (κ1) is 13.3. The highest BCUT2D eigenvalue weighted by Gasteiger charge is 2.10. The Kier molecular flexibility index (Phi) is 4.30. The van der Waals surface area contributed by atoms with Crippen LogP contribution >= 0.6 is 0 Å². The van der Waals surface area contributed by atoms with Crippen LogP contribution in [0.25, 0.3) is 0 Å². The highest BCUT2D eigenvalue weighted by atomic mass is 16.5. The number of nitrogens with zero attached hydrogens (tertiary/aromatic N) is 2. The molecule has 1 heterocycles. The van der Waals surface area contributed by atoms with Crippen molar-refractivity contribution in [2.45, 2.75) is 20.0 Å². The smallest absolute Gasteiger partial charge is 0.227 e. The molecule has 0 atom stereocenters. The Morgan fingerprint density at radius 3 is 2.84 bits per heavy atom. The number of benzene rings is 1. The van der Waals surface area contributed by atoms with Crippen LogP contribution in [0, 0.1) is 0 Å². The van der Waals surface area contributed by atoms with Crippen LogP contribution in [0.4, 0.5) is 5.82 Å². The van der Waals surface area contributed by atoms with E-state index in [4.69, 9.17) is 9.84 Å². The Bertz CT molecular complexity index is 558. The molecular formula is C14H17N3O2. The molecule has 2 N–H and O–H groups in total. The standard InChI is InChI=1S/C14H17N3O2/c1-3-12-13(15-2)16-9-17-14(12)19-11-6-4-5-10(7-11)8-18/h4-7,9,18H,3,8H2,1-2H3,(H,15,16,17). The fourth-order valence-corrected chi connectivity index (χ4v) is 1.84. The van der Waals surface area contributed by atoms with E-state index in [1.165, 1.54) is 6.33 Å². The van der Waals surface area contributed by atoms with Gasteiger partial charge in [-0.2, -0.15) is 0 Å². The number of rotatable bonds is 5. The number of aromatic nitrogens is 2. The van der Waals surface area contributed by atoms with Gasteiger partial charge in [0, 0.05) is 7.05 Å². The largest absolute Gasteiger partial charge is 0.439 e. The van der Waals surface area contributed by atoms with E-state index < -0.39 is 0 Å². The van der Waals surface area contributed by atoms with Gasteiger partial charge in [0.25, 0.3) is 0 Å². The summed E-state index contributed by atoms with van der Waals surface area (Å²) in [7, 11) is 1.82. The highest BCUT2D eigenvalue weighted by molar-refractivity contribution is 5.49. The van der Waals surface area contributed by atoms with Crippen LogP contribution in [0.2, 0.25) is 0 Å². The quantitative estimate of drug-likeness (QED) is 0.862. The van der Waals surface area contributed by atoms with E-state index in [0.29, 0.717) is 11.6 Å². The molecule has 0 spiro atoms. The third-order valence-electron chi connectivity index (χ3n) is 2.79. The van der Waals surface area contributed by atoms with E-state index in [0.717, 1.165) is 23.4 Å². The molecule has 0 bridgehead atoms. The minimum atomic E-state index is -0.0105. The fraction of sp³-hybridized carbons (Fsp3) is 0.286. The lowest BCUT2D eigenvalue weighted by Gasteiger charge is -2.12. The second kappa shape index (κ2) is 6.15. The average molecular weight is 259 g/mol. The molecule has 0 fully saturated rings. The molecule has 1 aromatic heterocycles. The van der Waals surface area contributed by atoms with Crippen LogP contribution in [0.15, 0.2) is 30.6 Å². The highest BCUT2D eigenvalue weighted by Crippen LogP contribution is 2.27. The maximum absolute atomic E-state index is 9.12. The van der Waals surface area contributed by atoms with Crippen molar-refractivity contribution >= 4 is 5.82 Å². The van der Waals surface area contributed by atoms with E-state index >= 15 is 0 Å². The molecule has 0 aliphatic heterocycles. The Labute approximate surface area is 112 Å². The zero-order chi connectivity index (χ0) is 13.7. The third kappa shape index (κ3) is 3.00. The number of ether oxygens (including phenoxy) is 1. The molecule has 5 nitrogen and oxygen atoms in total. The molecule has 19 heavy (non-hydrogen) atoms. The molecule has 0 amide bonds. The zero-order valence-corrected chi connectivity index (χ0v) is 11.1. The second-order valence-electron chi connectivity index (χ2n) is 4.02. The van der Waals surface area contributed by atoms with E-state index in [1.54, 1.807) is 6.07 Å². The summed E-state index contributed by atoms with van der Waals surface area (Å²) in [6.07, 6.45) is 2.24. The van der Waals surface area contributed by atoms with Gasteiger partial charge in [-0.3, -0.25) is 0 Å². The molecule has 0 saturated heterocycles. The first-order valence-electron chi connectivity index (χ1n) is 6.17. The monoisotopic (exact) mass is 259 g/mol. The van der Waals surface area contributed by atoms with E-state index in [2.05, 4.69) is 15.3 Å². The van der Waals surface area contributed by atoms with Crippen LogP contribution < -0.4 is 10.1 Å². The van der Waals surface area contributed by atoms with Gasteiger partial charge in [0.05, 0.1) is 12.2 Å². The van der Waals surface area contributed by atoms with Gasteiger partial charge in [-0.1, -0.05) is 19.1 Å². The SMILES string of the molecule is CCc1c(NC)ncnc1Oc1cccc(CO)c1. The van der Waals surface area contributed by atoms with Crippen molar-refractivity contribution in [3.8, 4) is 11.6 Å². The molecule has 2 rings (SSSR count). The van der Waals surface area contributed by atoms with E-state index in [-0.39, 0.29) is 6.61 Å². The molecule has 0 aliphatic rings. The first-order valence-corrected chi connectivity index (χ1v) is 6.17. The molecule has 0 saturated carbocycles. The summed E-state index contributed by atoms with van der Waals surface area (Å²) in [5.74, 6) is 1.96. The molecule has 5 heteroatoms. The van der Waals surface area contributed by atoms with E-state index in [9.17, 15) is 0 Å². The zero-order valence-electron chi connectivity index (χ0n) is 11.1. The maximum atomic E-state index is 9.12. The van der Waals surface area contributed by atoms with Crippen LogP contribution in [-0.4, -0.2) is 22.1 Å². The number of aliphatic hydroxyl groups excluding tert-OH is 1. The van der Waals surface area contributed by atoms with Gasteiger partial charge in [0.1, 0.15) is 17.9 Å². The summed E-state index contributed by atoms with van der Waals surface area (Å²) in [6.45, 7) is 2.01. The van der Waals surface area contributed by atoms with Gasteiger partial charge >= 0.3 is 0 Å². The summed E-state index contributed by atoms with van der Waals surface area (Å²) in [5, 5.41) is 12.1. The molecule has 0 radical (unpaired) electrons. The number of aliphatic hydroxyl groups is 1. The van der Waals surface area contributed by atoms with Crippen molar-refractivity contribution in [1.82, 2.24) is 9.97 Å². The number of nitrogens with one attached hydrogen (secondary N) is 1. The molecule has 2 aromatic rings. The number of anilines is 1. The second-order valence-corrected chi connectivity index (χ2v) is 4.02.